The molecular weight excluding hydrogens is 563 g/mol. The highest BCUT2D eigenvalue weighted by Crippen LogP contribution is 2.34. The molecule has 0 radical (unpaired) electrons. The van der Waals surface area contributed by atoms with E-state index in [1.165, 1.54) is 13.2 Å². The molecule has 0 aromatic heterocycles. The Morgan fingerprint density at radius 2 is 1.54 bits per heavy atom. The minimum absolute atomic E-state index is 0. The predicted molar refractivity (Wildman–Crippen MR) is 165 cm³/mol. The molecule has 5 rings (SSSR count). The van der Waals surface area contributed by atoms with Crippen molar-refractivity contribution < 1.29 is 23.8 Å². The van der Waals surface area contributed by atoms with Crippen LogP contribution in [0.4, 0.5) is 5.69 Å². The van der Waals surface area contributed by atoms with Crippen LogP contribution >= 0.6 is 24.0 Å². The predicted octanol–water partition coefficient (Wildman–Crippen LogP) is 7.28. The standard InChI is InChI=1S/C32H27ClN2O5.ClH/c1-38-28-18-22-9-3-2-8-21(22)17-26(28)31(36)35-27-14-12-23(33)19-29(27)40-32(37)25-13-11-20-7-4-5-10-24(20)30(25)39-16-6-15-34;/h2-5,7-14,17-19H,6,15-16,34H2,1H3,(H,35,36);1H. The van der Waals surface area contributed by atoms with Gasteiger partial charge in [-0.25, -0.2) is 4.79 Å². The van der Waals surface area contributed by atoms with Crippen LogP contribution in [0.15, 0.2) is 91.0 Å². The van der Waals surface area contributed by atoms with Gasteiger partial charge in [0.1, 0.15) is 17.1 Å². The molecule has 0 saturated carbocycles. The fraction of sp³-hybridized carbons (Fsp3) is 0.125. The van der Waals surface area contributed by atoms with Gasteiger partial charge in [0.05, 0.1) is 25.0 Å². The Labute approximate surface area is 248 Å². The quantitative estimate of drug-likeness (QED) is 0.106. The molecule has 5 aromatic carbocycles. The second kappa shape index (κ2) is 13.4. The summed E-state index contributed by atoms with van der Waals surface area (Å²) in [5.74, 6) is -0.177. The molecule has 0 bridgehead atoms. The fourth-order valence-corrected chi connectivity index (χ4v) is 4.57. The van der Waals surface area contributed by atoms with E-state index in [-0.39, 0.29) is 29.4 Å². The number of halogens is 2. The first-order chi connectivity index (χ1) is 19.5. The van der Waals surface area contributed by atoms with E-state index in [4.69, 9.17) is 31.5 Å². The van der Waals surface area contributed by atoms with Gasteiger partial charge >= 0.3 is 5.97 Å². The van der Waals surface area contributed by atoms with Crippen LogP contribution in [-0.4, -0.2) is 32.1 Å². The SMILES string of the molecule is COc1cc2ccccc2cc1C(=O)Nc1ccc(Cl)cc1OC(=O)c1ccc2ccccc2c1OCCCN.Cl. The van der Waals surface area contributed by atoms with Gasteiger partial charge in [-0.15, -0.1) is 12.4 Å². The molecule has 0 spiro atoms. The van der Waals surface area contributed by atoms with Crippen molar-refractivity contribution in [1.82, 2.24) is 0 Å². The number of nitrogens with one attached hydrogen (secondary N) is 1. The summed E-state index contributed by atoms with van der Waals surface area (Å²) < 4.78 is 17.3. The number of hydrogen-bond donors (Lipinski definition) is 2. The molecule has 0 saturated heterocycles. The molecule has 41 heavy (non-hydrogen) atoms. The van der Waals surface area contributed by atoms with Crippen molar-refractivity contribution in [2.45, 2.75) is 6.42 Å². The zero-order valence-electron chi connectivity index (χ0n) is 22.2. The Kier molecular flexibility index (Phi) is 9.68. The molecule has 0 aliphatic heterocycles. The lowest BCUT2D eigenvalue weighted by atomic mass is 10.0. The minimum Gasteiger partial charge on any atom is -0.496 e. The lowest BCUT2D eigenvalue weighted by Gasteiger charge is -2.16. The summed E-state index contributed by atoms with van der Waals surface area (Å²) in [5.41, 5.74) is 6.48. The van der Waals surface area contributed by atoms with E-state index in [0.29, 0.717) is 41.7 Å². The molecule has 0 aliphatic carbocycles. The average Bonchev–Trinajstić information content (AvgIpc) is 2.97. The highest BCUT2D eigenvalue weighted by Gasteiger charge is 2.21. The van der Waals surface area contributed by atoms with E-state index in [9.17, 15) is 9.59 Å². The number of esters is 1. The van der Waals surface area contributed by atoms with Gasteiger partial charge < -0.3 is 25.3 Å². The van der Waals surface area contributed by atoms with E-state index in [1.54, 1.807) is 30.3 Å². The first kappa shape index (κ1) is 29.7. The molecule has 0 atom stereocenters. The third-order valence-corrected chi connectivity index (χ3v) is 6.64. The lowest BCUT2D eigenvalue weighted by molar-refractivity contribution is 0.0730. The summed E-state index contributed by atoms with van der Waals surface area (Å²) in [4.78, 5) is 26.9. The van der Waals surface area contributed by atoms with Crippen LogP contribution in [0.2, 0.25) is 5.02 Å². The van der Waals surface area contributed by atoms with Crippen LogP contribution in [0.25, 0.3) is 21.5 Å². The first-order valence-corrected chi connectivity index (χ1v) is 13.1. The highest BCUT2D eigenvalue weighted by atomic mass is 35.5. The zero-order valence-corrected chi connectivity index (χ0v) is 23.8. The molecule has 0 heterocycles. The smallest absolute Gasteiger partial charge is 0.347 e. The average molecular weight is 591 g/mol. The third-order valence-electron chi connectivity index (χ3n) is 6.40. The molecule has 0 aliphatic rings. The van der Waals surface area contributed by atoms with Gasteiger partial charge in [-0.2, -0.15) is 0 Å². The van der Waals surface area contributed by atoms with Crippen molar-refractivity contribution in [2.24, 2.45) is 5.73 Å². The van der Waals surface area contributed by atoms with Gasteiger partial charge in [0.25, 0.3) is 5.91 Å². The van der Waals surface area contributed by atoms with E-state index in [1.807, 2.05) is 54.6 Å². The molecule has 9 heteroatoms. The lowest BCUT2D eigenvalue weighted by Crippen LogP contribution is -2.16. The number of rotatable bonds is 9. The molecule has 3 N–H and O–H groups in total. The Balaban J connectivity index is 0.00000387. The number of methoxy groups -OCH3 is 1. The summed E-state index contributed by atoms with van der Waals surface area (Å²) >= 11 is 6.25. The van der Waals surface area contributed by atoms with Crippen LogP contribution in [0.3, 0.4) is 0 Å². The number of carbonyl (C=O) groups is 2. The number of amides is 1. The maximum Gasteiger partial charge on any atom is 0.347 e. The van der Waals surface area contributed by atoms with Crippen LogP contribution < -0.4 is 25.3 Å². The number of fused-ring (bicyclic) bond motifs is 2. The topological polar surface area (TPSA) is 99.9 Å². The summed E-state index contributed by atoms with van der Waals surface area (Å²) in [6, 6.07) is 27.0. The molecule has 210 valence electrons. The number of nitrogens with two attached hydrogens (primary N) is 1. The maximum atomic E-state index is 13.5. The second-order valence-corrected chi connectivity index (χ2v) is 9.47. The van der Waals surface area contributed by atoms with E-state index < -0.39 is 11.9 Å². The Bertz CT molecular complexity index is 1720. The van der Waals surface area contributed by atoms with Gasteiger partial charge in [0.2, 0.25) is 0 Å². The summed E-state index contributed by atoms with van der Waals surface area (Å²) in [6.45, 7) is 0.801. The molecular formula is C32H28Cl2N2O5. The van der Waals surface area contributed by atoms with E-state index in [2.05, 4.69) is 5.32 Å². The van der Waals surface area contributed by atoms with Crippen LogP contribution in [0.5, 0.6) is 17.2 Å². The largest absolute Gasteiger partial charge is 0.496 e. The highest BCUT2D eigenvalue weighted by molar-refractivity contribution is 6.31. The van der Waals surface area contributed by atoms with Crippen molar-refractivity contribution in [3.63, 3.8) is 0 Å². The third kappa shape index (κ3) is 6.55. The van der Waals surface area contributed by atoms with Gasteiger partial charge in [-0.05, 0) is 59.5 Å². The minimum atomic E-state index is -0.658. The molecule has 0 fully saturated rings. The maximum absolute atomic E-state index is 13.5. The number of anilines is 1. The van der Waals surface area contributed by atoms with Crippen LogP contribution in [0, 0.1) is 0 Å². The monoisotopic (exact) mass is 590 g/mol. The van der Waals surface area contributed by atoms with Crippen molar-refractivity contribution in [2.75, 3.05) is 25.6 Å². The van der Waals surface area contributed by atoms with Crippen molar-refractivity contribution in [3.8, 4) is 17.2 Å². The first-order valence-electron chi connectivity index (χ1n) is 12.7. The van der Waals surface area contributed by atoms with Crippen molar-refractivity contribution >= 4 is 63.1 Å². The molecule has 1 amide bonds. The zero-order chi connectivity index (χ0) is 28.1. The van der Waals surface area contributed by atoms with Crippen molar-refractivity contribution in [1.29, 1.82) is 0 Å². The van der Waals surface area contributed by atoms with Gasteiger partial charge in [0.15, 0.2) is 5.75 Å². The van der Waals surface area contributed by atoms with E-state index >= 15 is 0 Å². The number of benzene rings is 5. The molecule has 0 unspecified atom stereocenters. The van der Waals surface area contributed by atoms with Gasteiger partial charge in [-0.3, -0.25) is 4.79 Å². The second-order valence-electron chi connectivity index (χ2n) is 9.04. The van der Waals surface area contributed by atoms with Crippen molar-refractivity contribution in [3.05, 3.63) is 107 Å². The number of carbonyl (C=O) groups excluding carboxylic acids is 2. The summed E-state index contributed by atoms with van der Waals surface area (Å²) in [6.07, 6.45) is 0.625. The summed E-state index contributed by atoms with van der Waals surface area (Å²) in [7, 11) is 1.51. The fourth-order valence-electron chi connectivity index (χ4n) is 4.41. The van der Waals surface area contributed by atoms with Gasteiger partial charge in [-0.1, -0.05) is 66.2 Å². The Morgan fingerprint density at radius 1 is 0.829 bits per heavy atom. The Hall–Kier alpha value is -4.30. The molecule has 7 nitrogen and oxygen atoms in total. The number of ether oxygens (including phenoxy) is 3. The van der Waals surface area contributed by atoms with E-state index in [0.717, 1.165) is 21.5 Å². The Morgan fingerprint density at radius 3 is 2.27 bits per heavy atom. The normalized spacial score (nSPS) is 10.6. The van der Waals surface area contributed by atoms with Gasteiger partial charge in [0, 0.05) is 16.5 Å². The number of hydrogen-bond acceptors (Lipinski definition) is 6. The van der Waals surface area contributed by atoms with Crippen LogP contribution in [0.1, 0.15) is 27.1 Å². The van der Waals surface area contributed by atoms with Crippen LogP contribution in [-0.2, 0) is 0 Å². The summed E-state index contributed by atoms with van der Waals surface area (Å²) in [5, 5.41) is 6.69. The molecule has 5 aromatic rings.